The second kappa shape index (κ2) is 14.5. The Hall–Kier alpha value is -0.650. The Morgan fingerprint density at radius 2 is 1.24 bits per heavy atom. The maximum absolute atomic E-state index is 9.78. The molecule has 0 aromatic heterocycles. The molecule has 146 valence electrons. The van der Waals surface area contributed by atoms with E-state index in [4.69, 9.17) is 0 Å². The van der Waals surface area contributed by atoms with E-state index in [0.717, 1.165) is 24.8 Å². The number of quaternary nitrogens is 1. The minimum absolute atomic E-state index is 0. The van der Waals surface area contributed by atoms with Crippen molar-refractivity contribution in [3.05, 3.63) is 35.9 Å². The van der Waals surface area contributed by atoms with Gasteiger partial charge in [0.1, 0.15) is 6.04 Å². The van der Waals surface area contributed by atoms with E-state index in [9.17, 15) is 15.3 Å². The van der Waals surface area contributed by atoms with Gasteiger partial charge in [-0.05, 0) is 6.42 Å². The van der Waals surface area contributed by atoms with Crippen molar-refractivity contribution >= 4 is 0 Å². The highest BCUT2D eigenvalue weighted by Gasteiger charge is 2.36. The summed E-state index contributed by atoms with van der Waals surface area (Å²) in [5.74, 6) is 0. The van der Waals surface area contributed by atoms with Gasteiger partial charge in [-0.15, -0.1) is 0 Å². The van der Waals surface area contributed by atoms with Gasteiger partial charge in [0.25, 0.3) is 0 Å². The summed E-state index contributed by atoms with van der Waals surface area (Å²) in [6.45, 7) is 1.45. The molecule has 1 rings (SSSR count). The molecule has 0 amide bonds. The molecular formula is C20H36ClNO3. The van der Waals surface area contributed by atoms with E-state index in [1.54, 1.807) is 0 Å². The zero-order valence-electron chi connectivity index (χ0n) is 15.6. The normalized spacial score (nSPS) is 12.6. The number of hydrogen-bond donors (Lipinski definition) is 3. The Morgan fingerprint density at radius 3 is 1.72 bits per heavy atom. The first-order valence-electron chi connectivity index (χ1n) is 9.47. The fraction of sp³-hybridized carbons (Fsp3) is 0.700. The van der Waals surface area contributed by atoms with Gasteiger partial charge in [-0.3, -0.25) is 4.48 Å². The number of halogens is 1. The Kier molecular flexibility index (Phi) is 14.1. The molecule has 0 aliphatic rings. The van der Waals surface area contributed by atoms with E-state index in [1.807, 2.05) is 30.3 Å². The topological polar surface area (TPSA) is 60.7 Å². The van der Waals surface area contributed by atoms with Crippen molar-refractivity contribution in [3.63, 3.8) is 0 Å². The first kappa shape index (κ1) is 24.4. The van der Waals surface area contributed by atoms with Gasteiger partial charge in [0.2, 0.25) is 0 Å². The summed E-state index contributed by atoms with van der Waals surface area (Å²) in [5, 5.41) is 29.4. The molecule has 25 heavy (non-hydrogen) atoms. The molecule has 0 radical (unpaired) electrons. The van der Waals surface area contributed by atoms with Crippen LogP contribution in [0.5, 0.6) is 0 Å². The third-order valence-corrected chi connectivity index (χ3v) is 5.02. The number of nitrogens with zero attached hydrogens (tertiary/aromatic N) is 1. The van der Waals surface area contributed by atoms with Crippen molar-refractivity contribution in [2.24, 2.45) is 0 Å². The third-order valence-electron chi connectivity index (χ3n) is 5.02. The Labute approximate surface area is 159 Å². The quantitative estimate of drug-likeness (QED) is 0.258. The number of aliphatic hydroxyl groups is 3. The van der Waals surface area contributed by atoms with Crippen LogP contribution >= 0.6 is 0 Å². The van der Waals surface area contributed by atoms with Crippen molar-refractivity contribution in [2.75, 3.05) is 20.2 Å². The molecule has 0 bridgehead atoms. The molecule has 1 atom stereocenters. The van der Waals surface area contributed by atoms with Crippen molar-refractivity contribution < 1.29 is 32.2 Å². The minimum Gasteiger partial charge on any atom is -1.00 e. The van der Waals surface area contributed by atoms with Crippen molar-refractivity contribution in [1.82, 2.24) is 0 Å². The van der Waals surface area contributed by atoms with Gasteiger partial charge in [0, 0.05) is 12.0 Å². The molecule has 0 aliphatic carbocycles. The van der Waals surface area contributed by atoms with Crippen LogP contribution in [-0.2, 0) is 0 Å². The molecular weight excluding hydrogens is 338 g/mol. The van der Waals surface area contributed by atoms with E-state index < -0.39 is 0 Å². The number of rotatable bonds is 14. The lowest BCUT2D eigenvalue weighted by Crippen LogP contribution is -3.00. The van der Waals surface area contributed by atoms with Crippen molar-refractivity contribution in [1.29, 1.82) is 0 Å². The molecule has 1 aromatic rings. The van der Waals surface area contributed by atoms with Crippen LogP contribution in [-0.4, -0.2) is 40.0 Å². The highest BCUT2D eigenvalue weighted by Crippen LogP contribution is 2.32. The lowest BCUT2D eigenvalue weighted by molar-refractivity contribution is -1.00. The first-order valence-corrected chi connectivity index (χ1v) is 9.47. The van der Waals surface area contributed by atoms with Gasteiger partial charge in [-0.25, -0.2) is 0 Å². The third kappa shape index (κ3) is 8.06. The molecule has 0 saturated heterocycles. The van der Waals surface area contributed by atoms with Crippen LogP contribution in [0.2, 0.25) is 0 Å². The number of unbranched alkanes of at least 4 members (excludes halogenated alkanes) is 7. The van der Waals surface area contributed by atoms with E-state index in [1.165, 1.54) is 38.5 Å². The van der Waals surface area contributed by atoms with Gasteiger partial charge in [-0.1, -0.05) is 82.2 Å². The monoisotopic (exact) mass is 373 g/mol. The average Bonchev–Trinajstić information content (AvgIpc) is 2.64. The molecule has 0 saturated carbocycles. The van der Waals surface area contributed by atoms with Crippen molar-refractivity contribution in [3.8, 4) is 0 Å². The molecule has 3 N–H and O–H groups in total. The molecule has 0 heterocycles. The largest absolute Gasteiger partial charge is 1.00 e. The van der Waals surface area contributed by atoms with E-state index in [0.29, 0.717) is 0 Å². The standard InChI is InChI=1S/C20H36NO3.ClH/c1-2-3-4-5-6-7-8-12-15-20(19-13-10-9-11-14-19)21(16-22,17-23)18-24;/h9-11,13-14,20,22-24H,2-8,12,15-18H2,1H3;1H/q+1;/p-1. The summed E-state index contributed by atoms with van der Waals surface area (Å²) < 4.78 is -0.0967. The lowest BCUT2D eigenvalue weighted by Gasteiger charge is -2.40. The molecule has 0 spiro atoms. The SMILES string of the molecule is CCCCCCCCCCC(c1ccccc1)[N+](CO)(CO)CO.[Cl-]. The first-order chi connectivity index (χ1) is 11.7. The molecule has 4 nitrogen and oxygen atoms in total. The lowest BCUT2D eigenvalue weighted by atomic mass is 9.97. The van der Waals surface area contributed by atoms with E-state index in [2.05, 4.69) is 6.92 Å². The predicted molar refractivity (Wildman–Crippen MR) is 97.9 cm³/mol. The predicted octanol–water partition coefficient (Wildman–Crippen LogP) is 0.929. The van der Waals surface area contributed by atoms with Gasteiger partial charge >= 0.3 is 0 Å². The summed E-state index contributed by atoms with van der Waals surface area (Å²) in [4.78, 5) is 0. The maximum atomic E-state index is 9.78. The number of hydrogen-bond acceptors (Lipinski definition) is 3. The van der Waals surface area contributed by atoms with Crippen LogP contribution in [0.15, 0.2) is 30.3 Å². The minimum atomic E-state index is -0.260. The van der Waals surface area contributed by atoms with Gasteiger partial charge in [-0.2, -0.15) is 0 Å². The summed E-state index contributed by atoms with van der Waals surface area (Å²) in [5.41, 5.74) is 1.07. The zero-order valence-corrected chi connectivity index (χ0v) is 16.4. The molecule has 0 fully saturated rings. The maximum Gasteiger partial charge on any atom is 0.184 e. The number of benzene rings is 1. The average molecular weight is 374 g/mol. The van der Waals surface area contributed by atoms with Crippen LogP contribution < -0.4 is 12.4 Å². The summed E-state index contributed by atoms with van der Waals surface area (Å²) in [7, 11) is 0. The fourth-order valence-corrected chi connectivity index (χ4v) is 3.33. The second-order valence-electron chi connectivity index (χ2n) is 6.83. The van der Waals surface area contributed by atoms with Crippen LogP contribution in [0, 0.1) is 0 Å². The Morgan fingerprint density at radius 1 is 0.760 bits per heavy atom. The van der Waals surface area contributed by atoms with Gasteiger partial charge < -0.3 is 27.7 Å². The highest BCUT2D eigenvalue weighted by atomic mass is 35.5. The summed E-state index contributed by atoms with van der Waals surface area (Å²) in [6.07, 6.45) is 10.9. The Bertz CT molecular complexity index is 404. The van der Waals surface area contributed by atoms with Crippen molar-refractivity contribution in [2.45, 2.75) is 70.8 Å². The van der Waals surface area contributed by atoms with Crippen LogP contribution in [0.1, 0.15) is 76.3 Å². The van der Waals surface area contributed by atoms with E-state index >= 15 is 0 Å². The summed E-state index contributed by atoms with van der Waals surface area (Å²) in [6, 6.07) is 9.86. The Balaban J connectivity index is 0.00000576. The fourth-order valence-electron chi connectivity index (χ4n) is 3.33. The highest BCUT2D eigenvalue weighted by molar-refractivity contribution is 5.17. The molecule has 0 aliphatic heterocycles. The molecule has 1 unspecified atom stereocenters. The molecule has 5 heteroatoms. The zero-order chi connectivity index (χ0) is 17.7. The van der Waals surface area contributed by atoms with E-state index in [-0.39, 0.29) is 43.1 Å². The van der Waals surface area contributed by atoms with Gasteiger partial charge in [0.15, 0.2) is 20.2 Å². The second-order valence-corrected chi connectivity index (χ2v) is 6.83. The van der Waals surface area contributed by atoms with Crippen LogP contribution in [0.4, 0.5) is 0 Å². The van der Waals surface area contributed by atoms with Crippen LogP contribution in [0.25, 0.3) is 0 Å². The smallest absolute Gasteiger partial charge is 0.184 e. The summed E-state index contributed by atoms with van der Waals surface area (Å²) >= 11 is 0. The molecule has 1 aromatic carbocycles. The number of aliphatic hydroxyl groups excluding tert-OH is 3. The van der Waals surface area contributed by atoms with Crippen LogP contribution in [0.3, 0.4) is 0 Å². The van der Waals surface area contributed by atoms with Gasteiger partial charge in [0.05, 0.1) is 0 Å².